The molecule has 0 radical (unpaired) electrons. The van der Waals surface area contributed by atoms with Crippen molar-refractivity contribution in [3.05, 3.63) is 58.1 Å². The molecule has 0 spiro atoms. The predicted molar refractivity (Wildman–Crippen MR) is 99.2 cm³/mol. The van der Waals surface area contributed by atoms with E-state index in [0.29, 0.717) is 10.7 Å². The third-order valence-electron chi connectivity index (χ3n) is 3.08. The Labute approximate surface area is 150 Å². The molecule has 0 saturated heterocycles. The van der Waals surface area contributed by atoms with E-state index in [2.05, 4.69) is 43.3 Å². The molecule has 0 bridgehead atoms. The monoisotopic (exact) mass is 405 g/mol. The Kier molecular flexibility index (Phi) is 5.09. The highest BCUT2D eigenvalue weighted by atomic mass is 79.9. The fraction of sp³-hybridized carbons (Fsp3) is 0.0625. The summed E-state index contributed by atoms with van der Waals surface area (Å²) >= 11 is 6.41. The highest BCUT2D eigenvalue weighted by Crippen LogP contribution is 2.27. The number of rotatable bonds is 4. The minimum atomic E-state index is -0.225. The van der Waals surface area contributed by atoms with Crippen LogP contribution in [0.25, 0.3) is 11.3 Å². The molecule has 0 aliphatic rings. The summed E-state index contributed by atoms with van der Waals surface area (Å²) in [5.74, 6) is -0.225. The maximum Gasteiger partial charge on any atom is 0.259 e. The van der Waals surface area contributed by atoms with Gasteiger partial charge in [0.2, 0.25) is 0 Å². The lowest BCUT2D eigenvalue weighted by molar-refractivity contribution is 0.102. The molecular weight excluding hydrogens is 394 g/mol. The molecule has 2 aromatic heterocycles. The summed E-state index contributed by atoms with van der Waals surface area (Å²) in [6, 6.07) is 9.91. The normalized spacial score (nSPS) is 10.5. The quantitative estimate of drug-likeness (QED) is 0.624. The molecule has 1 N–H and O–H groups in total. The second-order valence-corrected chi connectivity index (χ2v) is 7.27. The molecule has 116 valence electrons. The number of nitrogens with zero attached hydrogens (tertiary/aromatic N) is 2. The smallest absolute Gasteiger partial charge is 0.259 e. The van der Waals surface area contributed by atoms with Crippen molar-refractivity contribution in [2.24, 2.45) is 0 Å². The van der Waals surface area contributed by atoms with E-state index < -0.39 is 0 Å². The lowest BCUT2D eigenvalue weighted by Gasteiger charge is -2.02. The van der Waals surface area contributed by atoms with Crippen molar-refractivity contribution in [2.75, 3.05) is 11.6 Å². The summed E-state index contributed by atoms with van der Waals surface area (Å²) in [5.41, 5.74) is 2.37. The zero-order chi connectivity index (χ0) is 16.2. The van der Waals surface area contributed by atoms with Crippen LogP contribution in [0.15, 0.2) is 57.5 Å². The summed E-state index contributed by atoms with van der Waals surface area (Å²) in [5, 5.41) is 5.30. The zero-order valence-electron chi connectivity index (χ0n) is 12.1. The first-order chi connectivity index (χ1) is 11.2. The standard InChI is InChI=1S/C16H12BrN3OS2/c1-22-13-4-2-10(3-5-13)14-9-23-16(19-14)20-15(21)11-6-12(17)8-18-7-11/h2-9H,1H3,(H,19,20,21). The molecule has 4 nitrogen and oxygen atoms in total. The van der Waals surface area contributed by atoms with Crippen molar-refractivity contribution >= 4 is 50.1 Å². The molecule has 0 aliphatic carbocycles. The van der Waals surface area contributed by atoms with Gasteiger partial charge in [-0.05, 0) is 40.4 Å². The van der Waals surface area contributed by atoms with Crippen LogP contribution in [0.4, 0.5) is 5.13 Å². The van der Waals surface area contributed by atoms with Crippen LogP contribution in [0.1, 0.15) is 10.4 Å². The van der Waals surface area contributed by atoms with Gasteiger partial charge in [-0.2, -0.15) is 0 Å². The Bertz CT molecular complexity index is 833. The van der Waals surface area contributed by atoms with Gasteiger partial charge in [-0.1, -0.05) is 12.1 Å². The van der Waals surface area contributed by atoms with Gasteiger partial charge in [-0.25, -0.2) is 4.98 Å². The Hall–Kier alpha value is -1.70. The fourth-order valence-corrected chi connectivity index (χ4v) is 3.42. The average molecular weight is 406 g/mol. The molecule has 23 heavy (non-hydrogen) atoms. The van der Waals surface area contributed by atoms with Gasteiger partial charge in [0.25, 0.3) is 5.91 Å². The van der Waals surface area contributed by atoms with Crippen LogP contribution in [-0.2, 0) is 0 Å². The lowest BCUT2D eigenvalue weighted by atomic mass is 10.2. The van der Waals surface area contributed by atoms with Gasteiger partial charge in [0.15, 0.2) is 5.13 Å². The van der Waals surface area contributed by atoms with Gasteiger partial charge >= 0.3 is 0 Å². The van der Waals surface area contributed by atoms with E-state index in [1.165, 1.54) is 22.4 Å². The number of hydrogen-bond acceptors (Lipinski definition) is 5. The Morgan fingerprint density at radius 1 is 1.26 bits per heavy atom. The average Bonchev–Trinajstić information content (AvgIpc) is 3.03. The first-order valence-electron chi connectivity index (χ1n) is 6.67. The van der Waals surface area contributed by atoms with E-state index >= 15 is 0 Å². The molecule has 0 saturated carbocycles. The SMILES string of the molecule is CSc1ccc(-c2csc(NC(=O)c3cncc(Br)c3)n2)cc1. The number of anilines is 1. The number of thioether (sulfide) groups is 1. The van der Waals surface area contributed by atoms with Crippen molar-refractivity contribution < 1.29 is 4.79 Å². The van der Waals surface area contributed by atoms with E-state index in [-0.39, 0.29) is 5.91 Å². The molecule has 0 unspecified atom stereocenters. The van der Waals surface area contributed by atoms with Gasteiger partial charge in [-0.3, -0.25) is 15.1 Å². The van der Waals surface area contributed by atoms with Crippen LogP contribution in [-0.4, -0.2) is 22.1 Å². The molecule has 7 heteroatoms. The van der Waals surface area contributed by atoms with E-state index in [1.807, 2.05) is 23.8 Å². The van der Waals surface area contributed by atoms with Crippen molar-refractivity contribution in [2.45, 2.75) is 4.90 Å². The van der Waals surface area contributed by atoms with Crippen LogP contribution in [0.2, 0.25) is 0 Å². The summed E-state index contributed by atoms with van der Waals surface area (Å²) in [7, 11) is 0. The summed E-state index contributed by atoms with van der Waals surface area (Å²) < 4.78 is 0.763. The molecule has 3 aromatic rings. The molecule has 1 amide bonds. The second-order valence-electron chi connectivity index (χ2n) is 4.61. The maximum absolute atomic E-state index is 12.2. The van der Waals surface area contributed by atoms with Crippen molar-refractivity contribution in [1.82, 2.24) is 9.97 Å². The third kappa shape index (κ3) is 3.99. The Morgan fingerprint density at radius 3 is 2.74 bits per heavy atom. The van der Waals surface area contributed by atoms with Gasteiger partial charge in [-0.15, -0.1) is 23.1 Å². The van der Waals surface area contributed by atoms with Crippen molar-refractivity contribution in [3.63, 3.8) is 0 Å². The summed E-state index contributed by atoms with van der Waals surface area (Å²) in [6.07, 6.45) is 5.20. The summed E-state index contributed by atoms with van der Waals surface area (Å²) in [4.78, 5) is 21.9. The molecule has 3 rings (SSSR count). The largest absolute Gasteiger partial charge is 0.298 e. The van der Waals surface area contributed by atoms with Crippen LogP contribution in [0, 0.1) is 0 Å². The number of pyridine rings is 1. The molecular formula is C16H12BrN3OS2. The van der Waals surface area contributed by atoms with E-state index in [4.69, 9.17) is 0 Å². The van der Waals surface area contributed by atoms with E-state index in [1.54, 1.807) is 24.0 Å². The summed E-state index contributed by atoms with van der Waals surface area (Å²) in [6.45, 7) is 0. The van der Waals surface area contributed by atoms with Gasteiger partial charge < -0.3 is 0 Å². The topological polar surface area (TPSA) is 54.9 Å². The number of amides is 1. The molecule has 0 atom stereocenters. The van der Waals surface area contributed by atoms with Crippen LogP contribution < -0.4 is 5.32 Å². The zero-order valence-corrected chi connectivity index (χ0v) is 15.3. The van der Waals surface area contributed by atoms with Crippen LogP contribution >= 0.6 is 39.0 Å². The second kappa shape index (κ2) is 7.25. The van der Waals surface area contributed by atoms with E-state index in [0.717, 1.165) is 15.7 Å². The number of aromatic nitrogens is 2. The van der Waals surface area contributed by atoms with Crippen molar-refractivity contribution in [3.8, 4) is 11.3 Å². The minimum absolute atomic E-state index is 0.225. The minimum Gasteiger partial charge on any atom is -0.298 e. The number of nitrogens with one attached hydrogen (secondary N) is 1. The highest BCUT2D eigenvalue weighted by Gasteiger charge is 2.10. The highest BCUT2D eigenvalue weighted by molar-refractivity contribution is 9.10. The number of thiazole rings is 1. The van der Waals surface area contributed by atoms with Gasteiger partial charge in [0.1, 0.15) is 0 Å². The third-order valence-corrected chi connectivity index (χ3v) is 5.01. The first kappa shape index (κ1) is 16.2. The number of halogens is 1. The number of benzene rings is 1. The number of carbonyl (C=O) groups excluding carboxylic acids is 1. The molecule has 2 heterocycles. The van der Waals surface area contributed by atoms with Crippen LogP contribution in [0.5, 0.6) is 0 Å². The Balaban J connectivity index is 1.75. The first-order valence-corrected chi connectivity index (χ1v) is 9.57. The fourth-order valence-electron chi connectivity index (χ4n) is 1.93. The lowest BCUT2D eigenvalue weighted by Crippen LogP contribution is -2.11. The number of carbonyl (C=O) groups is 1. The van der Waals surface area contributed by atoms with Crippen molar-refractivity contribution in [1.29, 1.82) is 0 Å². The molecule has 1 aromatic carbocycles. The van der Waals surface area contributed by atoms with Gasteiger partial charge in [0.05, 0.1) is 11.3 Å². The van der Waals surface area contributed by atoms with Crippen LogP contribution in [0.3, 0.4) is 0 Å². The number of hydrogen-bond donors (Lipinski definition) is 1. The molecule has 0 aliphatic heterocycles. The van der Waals surface area contributed by atoms with Gasteiger partial charge in [0, 0.05) is 32.7 Å². The van der Waals surface area contributed by atoms with E-state index in [9.17, 15) is 4.79 Å². The Morgan fingerprint density at radius 2 is 2.04 bits per heavy atom. The predicted octanol–water partition coefficient (Wildman–Crippen LogP) is 4.94. The molecule has 0 fully saturated rings. The maximum atomic E-state index is 12.2.